The monoisotopic (exact) mass is 237 g/mol. The van der Waals surface area contributed by atoms with Crippen LogP contribution >= 0.6 is 11.8 Å². The molecule has 0 amide bonds. The summed E-state index contributed by atoms with van der Waals surface area (Å²) in [5.41, 5.74) is 7.20. The maximum absolute atomic E-state index is 5.88. The number of nitrogens with two attached hydrogens (primary N) is 1. The molecule has 0 aliphatic rings. The second-order valence-corrected chi connectivity index (χ2v) is 5.59. The SMILES string of the molecule is CCC(CC)C(CN)Sc1ccc(C)cc1. The van der Waals surface area contributed by atoms with Gasteiger partial charge in [-0.2, -0.15) is 0 Å². The van der Waals surface area contributed by atoms with E-state index in [-0.39, 0.29) is 0 Å². The number of rotatable bonds is 6. The molecule has 0 aromatic heterocycles. The third kappa shape index (κ3) is 3.84. The van der Waals surface area contributed by atoms with Gasteiger partial charge in [0.05, 0.1) is 0 Å². The number of thioether (sulfide) groups is 1. The smallest absolute Gasteiger partial charge is 0.0245 e. The highest BCUT2D eigenvalue weighted by Gasteiger charge is 2.17. The van der Waals surface area contributed by atoms with Gasteiger partial charge >= 0.3 is 0 Å². The van der Waals surface area contributed by atoms with E-state index in [2.05, 4.69) is 45.0 Å². The minimum atomic E-state index is 0.553. The van der Waals surface area contributed by atoms with Gasteiger partial charge in [0.1, 0.15) is 0 Å². The lowest BCUT2D eigenvalue weighted by Gasteiger charge is -2.23. The fourth-order valence-corrected chi connectivity index (χ4v) is 3.26. The average molecular weight is 237 g/mol. The first-order chi connectivity index (χ1) is 7.71. The molecule has 2 N–H and O–H groups in total. The molecule has 90 valence electrons. The fourth-order valence-electron chi connectivity index (χ4n) is 1.94. The van der Waals surface area contributed by atoms with Crippen LogP contribution in [0, 0.1) is 12.8 Å². The molecule has 0 spiro atoms. The van der Waals surface area contributed by atoms with E-state index >= 15 is 0 Å². The highest BCUT2D eigenvalue weighted by atomic mass is 32.2. The predicted molar refractivity (Wildman–Crippen MR) is 74.0 cm³/mol. The molecule has 0 radical (unpaired) electrons. The van der Waals surface area contributed by atoms with Crippen molar-refractivity contribution in [1.29, 1.82) is 0 Å². The van der Waals surface area contributed by atoms with Crippen molar-refractivity contribution in [3.05, 3.63) is 29.8 Å². The summed E-state index contributed by atoms with van der Waals surface area (Å²) in [7, 11) is 0. The maximum Gasteiger partial charge on any atom is 0.0245 e. The van der Waals surface area contributed by atoms with Crippen LogP contribution in [0.3, 0.4) is 0 Å². The minimum Gasteiger partial charge on any atom is -0.329 e. The second-order valence-electron chi connectivity index (χ2n) is 4.28. The molecule has 1 aromatic rings. The van der Waals surface area contributed by atoms with Gasteiger partial charge in [-0.3, -0.25) is 0 Å². The van der Waals surface area contributed by atoms with Crippen LogP contribution in [0.15, 0.2) is 29.2 Å². The van der Waals surface area contributed by atoms with E-state index in [1.165, 1.54) is 23.3 Å². The van der Waals surface area contributed by atoms with E-state index in [1.54, 1.807) is 0 Å². The molecule has 1 rings (SSSR count). The van der Waals surface area contributed by atoms with Gasteiger partial charge < -0.3 is 5.73 Å². The molecule has 1 aromatic carbocycles. The zero-order valence-corrected chi connectivity index (χ0v) is 11.4. The van der Waals surface area contributed by atoms with E-state index in [9.17, 15) is 0 Å². The van der Waals surface area contributed by atoms with Crippen LogP contribution < -0.4 is 5.73 Å². The summed E-state index contributed by atoms with van der Waals surface area (Å²) >= 11 is 1.93. The Morgan fingerprint density at radius 1 is 1.12 bits per heavy atom. The van der Waals surface area contributed by atoms with Crippen molar-refractivity contribution in [2.75, 3.05) is 6.54 Å². The first-order valence-electron chi connectivity index (χ1n) is 6.14. The molecular weight excluding hydrogens is 214 g/mol. The highest BCUT2D eigenvalue weighted by molar-refractivity contribution is 8.00. The zero-order valence-electron chi connectivity index (χ0n) is 10.6. The molecule has 0 aliphatic carbocycles. The third-order valence-electron chi connectivity index (χ3n) is 3.12. The Bertz CT molecular complexity index is 290. The van der Waals surface area contributed by atoms with E-state index in [0.717, 1.165) is 12.5 Å². The molecular formula is C14H23NS. The molecule has 0 saturated carbocycles. The second kappa shape index (κ2) is 6.97. The molecule has 0 saturated heterocycles. The highest BCUT2D eigenvalue weighted by Crippen LogP contribution is 2.30. The lowest BCUT2D eigenvalue weighted by molar-refractivity contribution is 0.475. The van der Waals surface area contributed by atoms with Crippen molar-refractivity contribution in [3.63, 3.8) is 0 Å². The van der Waals surface area contributed by atoms with E-state index in [0.29, 0.717) is 5.25 Å². The molecule has 1 atom stereocenters. The van der Waals surface area contributed by atoms with Crippen LogP contribution in [-0.4, -0.2) is 11.8 Å². The zero-order chi connectivity index (χ0) is 12.0. The van der Waals surface area contributed by atoms with Crippen molar-refractivity contribution < 1.29 is 0 Å². The summed E-state index contributed by atoms with van der Waals surface area (Å²) in [4.78, 5) is 1.34. The quantitative estimate of drug-likeness (QED) is 0.761. The van der Waals surface area contributed by atoms with E-state index in [4.69, 9.17) is 5.73 Å². The molecule has 2 heteroatoms. The van der Waals surface area contributed by atoms with Gasteiger partial charge in [-0.05, 0) is 25.0 Å². The predicted octanol–water partition coefficient (Wildman–Crippen LogP) is 3.85. The molecule has 1 unspecified atom stereocenters. The van der Waals surface area contributed by atoms with Crippen LogP contribution in [0.2, 0.25) is 0 Å². The molecule has 16 heavy (non-hydrogen) atoms. The Hall–Kier alpha value is -0.470. The van der Waals surface area contributed by atoms with Crippen molar-refractivity contribution >= 4 is 11.8 Å². The molecule has 0 fully saturated rings. The van der Waals surface area contributed by atoms with Crippen LogP contribution in [0.4, 0.5) is 0 Å². The van der Waals surface area contributed by atoms with Crippen LogP contribution in [0.1, 0.15) is 32.3 Å². The van der Waals surface area contributed by atoms with Gasteiger partial charge in [-0.15, -0.1) is 11.8 Å². The Balaban J connectivity index is 2.65. The molecule has 1 nitrogen and oxygen atoms in total. The Morgan fingerprint density at radius 2 is 1.69 bits per heavy atom. The Kier molecular flexibility index (Phi) is 5.93. The van der Waals surface area contributed by atoms with Crippen molar-refractivity contribution in [2.45, 2.75) is 43.8 Å². The molecule has 0 heterocycles. The summed E-state index contributed by atoms with van der Waals surface area (Å²) in [6.45, 7) is 7.40. The van der Waals surface area contributed by atoms with Crippen LogP contribution in [-0.2, 0) is 0 Å². The molecule has 0 aliphatic heterocycles. The summed E-state index contributed by atoms with van der Waals surface area (Å²) in [5, 5.41) is 0.553. The van der Waals surface area contributed by atoms with E-state index in [1.807, 2.05) is 11.8 Å². The molecule has 0 bridgehead atoms. The van der Waals surface area contributed by atoms with E-state index < -0.39 is 0 Å². The fraction of sp³-hybridized carbons (Fsp3) is 0.571. The lowest BCUT2D eigenvalue weighted by Crippen LogP contribution is -2.25. The first kappa shape index (κ1) is 13.6. The third-order valence-corrected chi connectivity index (χ3v) is 4.54. The van der Waals surface area contributed by atoms with Crippen LogP contribution in [0.25, 0.3) is 0 Å². The minimum absolute atomic E-state index is 0.553. The number of hydrogen-bond acceptors (Lipinski definition) is 2. The number of aryl methyl sites for hydroxylation is 1. The van der Waals surface area contributed by atoms with Gasteiger partial charge in [0.2, 0.25) is 0 Å². The topological polar surface area (TPSA) is 26.0 Å². The normalized spacial score (nSPS) is 13.1. The van der Waals surface area contributed by atoms with Gasteiger partial charge in [0, 0.05) is 16.7 Å². The van der Waals surface area contributed by atoms with Crippen LogP contribution in [0.5, 0.6) is 0 Å². The summed E-state index contributed by atoms with van der Waals surface area (Å²) in [5.74, 6) is 0.733. The number of hydrogen-bond donors (Lipinski definition) is 1. The maximum atomic E-state index is 5.88. The lowest BCUT2D eigenvalue weighted by atomic mass is 9.99. The van der Waals surface area contributed by atoms with Gasteiger partial charge in [-0.1, -0.05) is 44.4 Å². The average Bonchev–Trinajstić information content (AvgIpc) is 2.32. The van der Waals surface area contributed by atoms with Gasteiger partial charge in [0.25, 0.3) is 0 Å². The van der Waals surface area contributed by atoms with Crippen molar-refractivity contribution in [3.8, 4) is 0 Å². The van der Waals surface area contributed by atoms with Gasteiger partial charge in [-0.25, -0.2) is 0 Å². The Morgan fingerprint density at radius 3 is 2.12 bits per heavy atom. The standard InChI is InChI=1S/C14H23NS/c1-4-12(5-2)14(10-15)16-13-8-6-11(3)7-9-13/h6-9,12,14H,4-5,10,15H2,1-3H3. The van der Waals surface area contributed by atoms with Gasteiger partial charge in [0.15, 0.2) is 0 Å². The summed E-state index contributed by atoms with van der Waals surface area (Å²) < 4.78 is 0. The summed E-state index contributed by atoms with van der Waals surface area (Å²) in [6.07, 6.45) is 2.44. The largest absolute Gasteiger partial charge is 0.329 e. The number of benzene rings is 1. The van der Waals surface area contributed by atoms with Crippen molar-refractivity contribution in [2.24, 2.45) is 11.7 Å². The first-order valence-corrected chi connectivity index (χ1v) is 7.02. The summed E-state index contributed by atoms with van der Waals surface area (Å²) in [6, 6.07) is 8.74. The Labute approximate surface area is 104 Å². The van der Waals surface area contributed by atoms with Crippen molar-refractivity contribution in [1.82, 2.24) is 0 Å².